The zero-order valence-corrected chi connectivity index (χ0v) is 12.1. The molecule has 0 unspecified atom stereocenters. The molecule has 1 aromatic heterocycles. The van der Waals surface area contributed by atoms with Gasteiger partial charge in [-0.3, -0.25) is 4.79 Å². The Balaban J connectivity index is 3.05. The zero-order chi connectivity index (χ0) is 12.8. The van der Waals surface area contributed by atoms with Crippen LogP contribution in [0.5, 0.6) is 0 Å². The first kappa shape index (κ1) is 12.4. The summed E-state index contributed by atoms with van der Waals surface area (Å²) in [4.78, 5) is 12.1. The third-order valence-electron chi connectivity index (χ3n) is 2.96. The monoisotopic (exact) mass is 293 g/mol. The van der Waals surface area contributed by atoms with Gasteiger partial charge < -0.3 is 4.57 Å². The number of aryl methyl sites for hydroxylation is 1. The van der Waals surface area contributed by atoms with E-state index in [4.69, 9.17) is 0 Å². The summed E-state index contributed by atoms with van der Waals surface area (Å²) in [6.07, 6.45) is 1.94. The molecule has 0 spiro atoms. The lowest BCUT2D eigenvalue weighted by Crippen LogP contribution is -2.22. The minimum Gasteiger partial charge on any atom is -0.318 e. The van der Waals surface area contributed by atoms with Gasteiger partial charge in [0, 0.05) is 28.5 Å². The standard InChI is InChI=1S/C14H16BrNO/c1-14(2,3)10-8-16(4)13(17)9-6-5-7-11(15)12(9)10/h5-8H,1-4H3. The van der Waals surface area contributed by atoms with Gasteiger partial charge in [-0.25, -0.2) is 0 Å². The normalized spacial score (nSPS) is 12.1. The maximum absolute atomic E-state index is 12.1. The maximum Gasteiger partial charge on any atom is 0.258 e. The molecule has 0 aliphatic heterocycles. The molecule has 0 bridgehead atoms. The summed E-state index contributed by atoms with van der Waals surface area (Å²) in [7, 11) is 1.80. The van der Waals surface area contributed by atoms with Crippen LogP contribution in [0.4, 0.5) is 0 Å². The lowest BCUT2D eigenvalue weighted by molar-refractivity contribution is 0.587. The predicted molar refractivity (Wildman–Crippen MR) is 75.6 cm³/mol. The van der Waals surface area contributed by atoms with E-state index in [2.05, 4.69) is 36.7 Å². The van der Waals surface area contributed by atoms with E-state index in [1.807, 2.05) is 24.4 Å². The quantitative estimate of drug-likeness (QED) is 0.727. The number of nitrogens with zero attached hydrogens (tertiary/aromatic N) is 1. The van der Waals surface area contributed by atoms with Crippen LogP contribution in [0.25, 0.3) is 10.8 Å². The van der Waals surface area contributed by atoms with Crippen molar-refractivity contribution < 1.29 is 0 Å². The van der Waals surface area contributed by atoms with E-state index >= 15 is 0 Å². The molecule has 2 rings (SSSR count). The van der Waals surface area contributed by atoms with Gasteiger partial charge in [-0.2, -0.15) is 0 Å². The van der Waals surface area contributed by atoms with Crippen molar-refractivity contribution in [2.24, 2.45) is 7.05 Å². The number of hydrogen-bond donors (Lipinski definition) is 0. The highest BCUT2D eigenvalue weighted by atomic mass is 79.9. The molecule has 2 nitrogen and oxygen atoms in total. The van der Waals surface area contributed by atoms with Crippen molar-refractivity contribution in [2.45, 2.75) is 26.2 Å². The van der Waals surface area contributed by atoms with Gasteiger partial charge in [0.2, 0.25) is 0 Å². The zero-order valence-electron chi connectivity index (χ0n) is 10.5. The highest BCUT2D eigenvalue weighted by Crippen LogP contribution is 2.32. The lowest BCUT2D eigenvalue weighted by atomic mass is 9.85. The van der Waals surface area contributed by atoms with Crippen molar-refractivity contribution in [3.63, 3.8) is 0 Å². The smallest absolute Gasteiger partial charge is 0.258 e. The fourth-order valence-corrected chi connectivity index (χ4v) is 2.63. The van der Waals surface area contributed by atoms with E-state index in [0.29, 0.717) is 0 Å². The second kappa shape index (κ2) is 3.98. The molecule has 0 N–H and O–H groups in total. The maximum atomic E-state index is 12.1. The van der Waals surface area contributed by atoms with E-state index in [-0.39, 0.29) is 11.0 Å². The molecule has 1 aromatic carbocycles. The third-order valence-corrected chi connectivity index (χ3v) is 3.63. The van der Waals surface area contributed by atoms with Crippen LogP contribution in [0, 0.1) is 0 Å². The van der Waals surface area contributed by atoms with Crippen molar-refractivity contribution in [3.8, 4) is 0 Å². The van der Waals surface area contributed by atoms with Gasteiger partial charge in [0.25, 0.3) is 5.56 Å². The molecule has 0 aliphatic carbocycles. The average molecular weight is 294 g/mol. The molecule has 2 aromatic rings. The van der Waals surface area contributed by atoms with E-state index in [1.165, 1.54) is 5.56 Å². The number of hydrogen-bond acceptors (Lipinski definition) is 1. The average Bonchev–Trinajstić information content (AvgIpc) is 2.22. The first-order chi connectivity index (χ1) is 7.82. The van der Waals surface area contributed by atoms with Crippen molar-refractivity contribution in [2.75, 3.05) is 0 Å². The molecule has 17 heavy (non-hydrogen) atoms. The molecule has 0 radical (unpaired) electrons. The molecule has 0 atom stereocenters. The molecule has 0 saturated heterocycles. The fourth-order valence-electron chi connectivity index (χ4n) is 2.05. The van der Waals surface area contributed by atoms with Gasteiger partial charge in [0.05, 0.1) is 0 Å². The summed E-state index contributed by atoms with van der Waals surface area (Å²) in [5, 5.41) is 1.80. The van der Waals surface area contributed by atoms with Crippen LogP contribution in [0.15, 0.2) is 33.7 Å². The van der Waals surface area contributed by atoms with Crippen molar-refractivity contribution >= 4 is 26.7 Å². The minimum absolute atomic E-state index is 0.00752. The molecule has 0 amide bonds. The largest absolute Gasteiger partial charge is 0.318 e. The van der Waals surface area contributed by atoms with Gasteiger partial charge in [-0.1, -0.05) is 42.8 Å². The topological polar surface area (TPSA) is 22.0 Å². The van der Waals surface area contributed by atoms with Crippen LogP contribution in [0.3, 0.4) is 0 Å². The van der Waals surface area contributed by atoms with E-state index in [9.17, 15) is 4.79 Å². The van der Waals surface area contributed by atoms with Crippen LogP contribution in [0.1, 0.15) is 26.3 Å². The van der Waals surface area contributed by atoms with Crippen LogP contribution in [-0.4, -0.2) is 4.57 Å². The molecule has 0 aliphatic rings. The first-order valence-electron chi connectivity index (χ1n) is 5.60. The highest BCUT2D eigenvalue weighted by molar-refractivity contribution is 9.10. The van der Waals surface area contributed by atoms with Crippen LogP contribution < -0.4 is 5.56 Å². The van der Waals surface area contributed by atoms with E-state index < -0.39 is 0 Å². The van der Waals surface area contributed by atoms with Gasteiger partial charge in [-0.05, 0) is 23.1 Å². The fraction of sp³-hybridized carbons (Fsp3) is 0.357. The lowest BCUT2D eigenvalue weighted by Gasteiger charge is -2.22. The minimum atomic E-state index is 0.00752. The summed E-state index contributed by atoms with van der Waals surface area (Å²) in [5.41, 5.74) is 1.24. The van der Waals surface area contributed by atoms with Crippen molar-refractivity contribution in [1.82, 2.24) is 4.57 Å². The first-order valence-corrected chi connectivity index (χ1v) is 6.40. The van der Waals surface area contributed by atoms with Crippen molar-refractivity contribution in [3.05, 3.63) is 44.8 Å². The number of fused-ring (bicyclic) bond motifs is 1. The predicted octanol–water partition coefficient (Wildman–Crippen LogP) is 3.60. The SMILES string of the molecule is Cn1cc(C(C)(C)C)c2c(Br)cccc2c1=O. The Kier molecular flexibility index (Phi) is 2.90. The highest BCUT2D eigenvalue weighted by Gasteiger charge is 2.20. The summed E-state index contributed by atoms with van der Waals surface area (Å²) in [5.74, 6) is 0. The number of pyridine rings is 1. The Morgan fingerprint density at radius 2 is 1.88 bits per heavy atom. The second-order valence-electron chi connectivity index (χ2n) is 5.37. The Morgan fingerprint density at radius 3 is 2.47 bits per heavy atom. The number of rotatable bonds is 0. The van der Waals surface area contributed by atoms with Gasteiger partial charge in [0.1, 0.15) is 0 Å². The molecule has 0 saturated carbocycles. The van der Waals surface area contributed by atoms with Gasteiger partial charge >= 0.3 is 0 Å². The molecule has 1 heterocycles. The Hall–Kier alpha value is -1.09. The molecule has 90 valence electrons. The summed E-state index contributed by atoms with van der Waals surface area (Å²) < 4.78 is 2.65. The number of benzene rings is 1. The summed E-state index contributed by atoms with van der Waals surface area (Å²) in [6.45, 7) is 6.48. The second-order valence-corrected chi connectivity index (χ2v) is 6.23. The molecular formula is C14H16BrNO. The molecular weight excluding hydrogens is 278 g/mol. The van der Waals surface area contributed by atoms with Crippen LogP contribution >= 0.6 is 15.9 Å². The summed E-state index contributed by atoms with van der Waals surface area (Å²) >= 11 is 3.55. The molecule has 0 fully saturated rings. The van der Waals surface area contributed by atoms with Gasteiger partial charge in [-0.15, -0.1) is 0 Å². The third kappa shape index (κ3) is 2.04. The Bertz CT molecular complexity index is 635. The molecule has 3 heteroatoms. The number of aromatic nitrogens is 1. The van der Waals surface area contributed by atoms with Crippen LogP contribution in [-0.2, 0) is 12.5 Å². The van der Waals surface area contributed by atoms with E-state index in [0.717, 1.165) is 15.2 Å². The Labute approximate surface area is 109 Å². The summed E-state index contributed by atoms with van der Waals surface area (Å²) in [6, 6.07) is 5.77. The number of halogens is 1. The van der Waals surface area contributed by atoms with Gasteiger partial charge in [0.15, 0.2) is 0 Å². The van der Waals surface area contributed by atoms with Crippen molar-refractivity contribution in [1.29, 1.82) is 0 Å². The Morgan fingerprint density at radius 1 is 1.24 bits per heavy atom. The van der Waals surface area contributed by atoms with E-state index in [1.54, 1.807) is 11.6 Å². The van der Waals surface area contributed by atoms with Crippen LogP contribution in [0.2, 0.25) is 0 Å².